The van der Waals surface area contributed by atoms with Crippen molar-refractivity contribution in [2.75, 3.05) is 18.4 Å². The summed E-state index contributed by atoms with van der Waals surface area (Å²) in [6.07, 6.45) is -0.544. The van der Waals surface area contributed by atoms with E-state index in [4.69, 9.17) is 21.1 Å². The second-order valence-electron chi connectivity index (χ2n) is 11.8. The van der Waals surface area contributed by atoms with Gasteiger partial charge in [0.1, 0.15) is 11.6 Å². The van der Waals surface area contributed by atoms with Crippen LogP contribution in [0.2, 0.25) is 5.02 Å². The van der Waals surface area contributed by atoms with E-state index in [2.05, 4.69) is 15.4 Å². The van der Waals surface area contributed by atoms with Crippen LogP contribution in [0.15, 0.2) is 53.4 Å². The molecule has 1 atom stereocenters. The highest BCUT2D eigenvalue weighted by atomic mass is 35.5. The molecule has 3 aromatic rings. The van der Waals surface area contributed by atoms with Gasteiger partial charge >= 0.3 is 12.1 Å². The summed E-state index contributed by atoms with van der Waals surface area (Å²) in [6.45, 7) is 12.3. The number of methoxy groups -OCH3 is 1. The van der Waals surface area contributed by atoms with E-state index in [-0.39, 0.29) is 17.9 Å². The lowest BCUT2D eigenvalue weighted by atomic mass is 9.94. The predicted octanol–water partition coefficient (Wildman–Crippen LogP) is 6.23. The van der Waals surface area contributed by atoms with Crippen molar-refractivity contribution in [3.05, 3.63) is 81.4 Å². The van der Waals surface area contributed by atoms with Crippen molar-refractivity contribution in [3.63, 3.8) is 0 Å². The van der Waals surface area contributed by atoms with Crippen LogP contribution in [0.1, 0.15) is 59.8 Å². The number of anilines is 1. The van der Waals surface area contributed by atoms with Gasteiger partial charge in [-0.15, -0.1) is 0 Å². The molecule has 3 aromatic carbocycles. The van der Waals surface area contributed by atoms with Gasteiger partial charge in [0.15, 0.2) is 0 Å². The molecule has 0 saturated carbocycles. The standard InChI is InChI=1S/C33H40ClN3O7S/c1-19-17-28(20(2)16-26(19)34)45(41,42)37-25-11-9-10-23(18-25)24-14-21(3)29(22(4)15-24)30(38)36-27(31(39)43-8)12-13-35-32(40)44-33(5,6)7/h9-11,14-18,27,37H,12-13H2,1-8H3,(H,35,40)(H,36,38)/t27-/m0/s1. The molecule has 0 fully saturated rings. The van der Waals surface area contributed by atoms with Gasteiger partial charge in [-0.1, -0.05) is 35.9 Å². The van der Waals surface area contributed by atoms with E-state index < -0.39 is 39.6 Å². The normalized spacial score (nSPS) is 12.2. The Morgan fingerprint density at radius 2 is 1.53 bits per heavy atom. The Hall–Kier alpha value is -4.09. The first kappa shape index (κ1) is 35.4. The molecule has 0 aliphatic rings. The number of rotatable bonds is 10. The number of benzene rings is 3. The summed E-state index contributed by atoms with van der Waals surface area (Å²) < 4.78 is 39.2. The summed E-state index contributed by atoms with van der Waals surface area (Å²) in [7, 11) is -2.66. The van der Waals surface area contributed by atoms with Gasteiger partial charge in [0.25, 0.3) is 15.9 Å². The fourth-order valence-corrected chi connectivity index (χ4v) is 6.34. The Morgan fingerprint density at radius 1 is 0.889 bits per heavy atom. The molecule has 0 spiro atoms. The number of halogens is 1. The smallest absolute Gasteiger partial charge is 0.407 e. The molecule has 2 amide bonds. The number of ether oxygens (including phenoxy) is 2. The molecule has 0 unspecified atom stereocenters. The molecule has 10 nitrogen and oxygen atoms in total. The average molecular weight is 658 g/mol. The first-order valence-electron chi connectivity index (χ1n) is 14.3. The summed E-state index contributed by atoms with van der Waals surface area (Å²) in [5.74, 6) is -1.12. The molecule has 0 aliphatic carbocycles. The third-order valence-corrected chi connectivity index (χ3v) is 8.78. The summed E-state index contributed by atoms with van der Waals surface area (Å²) in [4.78, 5) is 37.9. The second-order valence-corrected chi connectivity index (χ2v) is 13.9. The van der Waals surface area contributed by atoms with Crippen LogP contribution in [0.3, 0.4) is 0 Å². The number of aryl methyl sites for hydroxylation is 4. The average Bonchev–Trinajstić information content (AvgIpc) is 2.92. The van der Waals surface area contributed by atoms with Gasteiger partial charge in [0, 0.05) is 22.8 Å². The monoisotopic (exact) mass is 657 g/mol. The Morgan fingerprint density at radius 3 is 2.13 bits per heavy atom. The first-order valence-corrected chi connectivity index (χ1v) is 16.1. The molecule has 242 valence electrons. The highest BCUT2D eigenvalue weighted by Gasteiger charge is 2.25. The van der Waals surface area contributed by atoms with E-state index in [1.54, 1.807) is 78.8 Å². The van der Waals surface area contributed by atoms with E-state index in [0.717, 1.165) is 11.1 Å². The fraction of sp³-hybridized carbons (Fsp3) is 0.364. The minimum absolute atomic E-state index is 0.0726. The molecule has 0 bridgehead atoms. The second kappa shape index (κ2) is 14.3. The van der Waals surface area contributed by atoms with E-state index in [0.29, 0.717) is 38.5 Å². The maximum Gasteiger partial charge on any atom is 0.407 e. The molecule has 0 aliphatic heterocycles. The lowest BCUT2D eigenvalue weighted by molar-refractivity contribution is -0.143. The fourth-order valence-electron chi connectivity index (χ4n) is 4.76. The van der Waals surface area contributed by atoms with Crippen LogP contribution in [0.4, 0.5) is 10.5 Å². The molecular formula is C33H40ClN3O7S. The maximum absolute atomic E-state index is 13.4. The van der Waals surface area contributed by atoms with Crippen molar-refractivity contribution < 1.29 is 32.3 Å². The Kier molecular flexibility index (Phi) is 11.3. The van der Waals surface area contributed by atoms with E-state index >= 15 is 0 Å². The van der Waals surface area contributed by atoms with Crippen LogP contribution in [0.25, 0.3) is 11.1 Å². The van der Waals surface area contributed by atoms with Crippen molar-refractivity contribution in [1.82, 2.24) is 10.6 Å². The van der Waals surface area contributed by atoms with E-state index in [1.165, 1.54) is 7.11 Å². The van der Waals surface area contributed by atoms with Gasteiger partial charge in [-0.05, 0) is 113 Å². The van der Waals surface area contributed by atoms with Crippen LogP contribution >= 0.6 is 11.6 Å². The SMILES string of the molecule is COC(=O)[C@H](CCNC(=O)OC(C)(C)C)NC(=O)c1c(C)cc(-c2cccc(NS(=O)(=O)c3cc(C)c(Cl)cc3C)c2)cc1C. The predicted molar refractivity (Wildman–Crippen MR) is 175 cm³/mol. The number of hydrogen-bond acceptors (Lipinski definition) is 7. The minimum Gasteiger partial charge on any atom is -0.467 e. The molecule has 12 heteroatoms. The van der Waals surface area contributed by atoms with Gasteiger partial charge in [-0.2, -0.15) is 0 Å². The zero-order chi connectivity index (χ0) is 33.7. The van der Waals surface area contributed by atoms with Gasteiger partial charge in [0.05, 0.1) is 12.0 Å². The molecule has 0 saturated heterocycles. The molecule has 0 radical (unpaired) electrons. The van der Waals surface area contributed by atoms with Gasteiger partial charge in [-0.3, -0.25) is 9.52 Å². The Bertz CT molecular complexity index is 1690. The highest BCUT2D eigenvalue weighted by molar-refractivity contribution is 7.92. The largest absolute Gasteiger partial charge is 0.467 e. The van der Waals surface area contributed by atoms with Crippen molar-refractivity contribution in [2.24, 2.45) is 0 Å². The van der Waals surface area contributed by atoms with Crippen molar-refractivity contribution >= 4 is 45.3 Å². The Balaban J connectivity index is 1.79. The molecule has 45 heavy (non-hydrogen) atoms. The molecule has 0 aromatic heterocycles. The third-order valence-electron chi connectivity index (χ3n) is 6.85. The number of sulfonamides is 1. The van der Waals surface area contributed by atoms with Gasteiger partial charge in [-0.25, -0.2) is 18.0 Å². The van der Waals surface area contributed by atoms with E-state index in [1.807, 2.05) is 18.2 Å². The number of nitrogens with one attached hydrogen (secondary N) is 3. The number of carbonyl (C=O) groups is 3. The molecular weight excluding hydrogens is 618 g/mol. The Labute approximate surface area is 269 Å². The number of carbonyl (C=O) groups excluding carboxylic acids is 3. The third kappa shape index (κ3) is 9.45. The van der Waals surface area contributed by atoms with Gasteiger partial charge < -0.3 is 20.1 Å². The first-order chi connectivity index (χ1) is 20.9. The summed E-state index contributed by atoms with van der Waals surface area (Å²) >= 11 is 6.16. The maximum atomic E-state index is 13.4. The number of amides is 2. The van der Waals surface area contributed by atoms with Crippen LogP contribution < -0.4 is 15.4 Å². The number of esters is 1. The zero-order valence-corrected chi connectivity index (χ0v) is 28.3. The van der Waals surface area contributed by atoms with Crippen molar-refractivity contribution in [2.45, 2.75) is 71.4 Å². The van der Waals surface area contributed by atoms with Crippen LogP contribution in [-0.4, -0.2) is 51.7 Å². The molecule has 0 heterocycles. The summed E-state index contributed by atoms with van der Waals surface area (Å²) in [5.41, 5.74) is 4.07. The minimum atomic E-state index is -3.89. The van der Waals surface area contributed by atoms with Crippen LogP contribution in [0.5, 0.6) is 0 Å². The van der Waals surface area contributed by atoms with Crippen LogP contribution in [-0.2, 0) is 24.3 Å². The molecule has 3 rings (SSSR count). The quantitative estimate of drug-likeness (QED) is 0.220. The van der Waals surface area contributed by atoms with Gasteiger partial charge in [0.2, 0.25) is 0 Å². The molecule has 3 N–H and O–H groups in total. The van der Waals surface area contributed by atoms with Crippen molar-refractivity contribution in [1.29, 1.82) is 0 Å². The number of alkyl carbamates (subject to hydrolysis) is 1. The van der Waals surface area contributed by atoms with Crippen molar-refractivity contribution in [3.8, 4) is 11.1 Å². The topological polar surface area (TPSA) is 140 Å². The lowest BCUT2D eigenvalue weighted by Gasteiger charge is -2.21. The zero-order valence-electron chi connectivity index (χ0n) is 26.8. The van der Waals surface area contributed by atoms with E-state index in [9.17, 15) is 22.8 Å². The summed E-state index contributed by atoms with van der Waals surface area (Å²) in [5, 5.41) is 5.79. The van der Waals surface area contributed by atoms with Crippen LogP contribution in [0, 0.1) is 27.7 Å². The lowest BCUT2D eigenvalue weighted by Crippen LogP contribution is -2.44. The summed E-state index contributed by atoms with van der Waals surface area (Å²) in [6, 6.07) is 12.8. The number of hydrogen-bond donors (Lipinski definition) is 3. The highest BCUT2D eigenvalue weighted by Crippen LogP contribution is 2.30.